The highest BCUT2D eigenvalue weighted by molar-refractivity contribution is 5.04. The molecule has 9 heavy (non-hydrogen) atoms. The lowest BCUT2D eigenvalue weighted by molar-refractivity contribution is 0.437. The van der Waals surface area contributed by atoms with Crippen LogP contribution in [0.3, 0.4) is 0 Å². The van der Waals surface area contributed by atoms with Crippen molar-refractivity contribution in [3.63, 3.8) is 0 Å². The third-order valence-electron chi connectivity index (χ3n) is 1.20. The molecule has 0 bridgehead atoms. The standard InChI is InChI=1S/C7H14N2/c1-4-6-7(8)9(3)5-2/h4,6H,1,5,8H2,2-3H3/b7-6-. The summed E-state index contributed by atoms with van der Waals surface area (Å²) in [5.74, 6) is 0.757. The van der Waals surface area contributed by atoms with Gasteiger partial charge in [-0.05, 0) is 13.0 Å². The maximum Gasteiger partial charge on any atom is 0.0983 e. The van der Waals surface area contributed by atoms with Crippen LogP contribution >= 0.6 is 0 Å². The number of allylic oxidation sites excluding steroid dienone is 2. The van der Waals surface area contributed by atoms with Crippen LogP contribution in [0.4, 0.5) is 0 Å². The summed E-state index contributed by atoms with van der Waals surface area (Å²) in [5.41, 5.74) is 5.55. The van der Waals surface area contributed by atoms with Crippen molar-refractivity contribution in [2.45, 2.75) is 6.92 Å². The van der Waals surface area contributed by atoms with Crippen LogP contribution in [0.25, 0.3) is 0 Å². The van der Waals surface area contributed by atoms with Crippen molar-refractivity contribution in [2.24, 2.45) is 5.73 Å². The van der Waals surface area contributed by atoms with Crippen molar-refractivity contribution in [3.05, 3.63) is 24.6 Å². The van der Waals surface area contributed by atoms with Gasteiger partial charge in [0.25, 0.3) is 0 Å². The molecule has 0 aromatic rings. The Kier molecular flexibility index (Phi) is 3.60. The second-order valence-corrected chi connectivity index (χ2v) is 1.84. The minimum absolute atomic E-state index is 0.757. The molecule has 0 saturated carbocycles. The molecule has 0 aliphatic heterocycles. The van der Waals surface area contributed by atoms with E-state index < -0.39 is 0 Å². The topological polar surface area (TPSA) is 29.3 Å². The van der Waals surface area contributed by atoms with Crippen LogP contribution in [0.15, 0.2) is 24.6 Å². The zero-order chi connectivity index (χ0) is 7.28. The summed E-state index contributed by atoms with van der Waals surface area (Å²) in [4.78, 5) is 1.95. The highest BCUT2D eigenvalue weighted by Gasteiger charge is 1.91. The Morgan fingerprint density at radius 3 is 2.67 bits per heavy atom. The SMILES string of the molecule is C=C/C=C(/N)N(C)CC. The van der Waals surface area contributed by atoms with Gasteiger partial charge in [0.1, 0.15) is 0 Å². The van der Waals surface area contributed by atoms with Crippen molar-refractivity contribution in [1.82, 2.24) is 4.90 Å². The molecule has 0 aliphatic carbocycles. The molecule has 0 aliphatic rings. The zero-order valence-electron chi connectivity index (χ0n) is 6.09. The molecule has 0 spiro atoms. The average molecular weight is 126 g/mol. The predicted octanol–water partition coefficient (Wildman–Crippen LogP) is 0.924. The minimum Gasteiger partial charge on any atom is -0.385 e. The van der Waals surface area contributed by atoms with Gasteiger partial charge in [0.15, 0.2) is 0 Å². The van der Waals surface area contributed by atoms with Gasteiger partial charge in [-0.15, -0.1) is 0 Å². The van der Waals surface area contributed by atoms with Crippen LogP contribution in [0.5, 0.6) is 0 Å². The van der Waals surface area contributed by atoms with E-state index >= 15 is 0 Å². The summed E-state index contributed by atoms with van der Waals surface area (Å²) in [6, 6.07) is 0. The highest BCUT2D eigenvalue weighted by atomic mass is 15.2. The number of hydrogen-bond donors (Lipinski definition) is 1. The van der Waals surface area contributed by atoms with Crippen LogP contribution < -0.4 is 5.73 Å². The normalized spacial score (nSPS) is 11.1. The van der Waals surface area contributed by atoms with E-state index in [-0.39, 0.29) is 0 Å². The quantitative estimate of drug-likeness (QED) is 0.570. The monoisotopic (exact) mass is 126 g/mol. The maximum absolute atomic E-state index is 5.55. The van der Waals surface area contributed by atoms with Crippen LogP contribution in [-0.4, -0.2) is 18.5 Å². The molecular formula is C7H14N2. The molecule has 2 heteroatoms. The summed E-state index contributed by atoms with van der Waals surface area (Å²) < 4.78 is 0. The molecule has 0 fully saturated rings. The molecule has 0 unspecified atom stereocenters. The van der Waals surface area contributed by atoms with Gasteiger partial charge in [-0.2, -0.15) is 0 Å². The Hall–Kier alpha value is -0.920. The summed E-state index contributed by atoms with van der Waals surface area (Å²) in [6.45, 7) is 6.51. The van der Waals surface area contributed by atoms with E-state index in [4.69, 9.17) is 5.73 Å². The van der Waals surface area contributed by atoms with E-state index in [1.165, 1.54) is 0 Å². The third kappa shape index (κ3) is 2.80. The molecular weight excluding hydrogens is 112 g/mol. The molecule has 2 nitrogen and oxygen atoms in total. The highest BCUT2D eigenvalue weighted by Crippen LogP contribution is 1.90. The summed E-state index contributed by atoms with van der Waals surface area (Å²) in [5, 5.41) is 0. The number of nitrogens with zero attached hydrogens (tertiary/aromatic N) is 1. The van der Waals surface area contributed by atoms with Gasteiger partial charge in [-0.25, -0.2) is 0 Å². The first-order valence-electron chi connectivity index (χ1n) is 3.01. The second-order valence-electron chi connectivity index (χ2n) is 1.84. The number of nitrogens with two attached hydrogens (primary N) is 1. The Morgan fingerprint density at radius 1 is 1.78 bits per heavy atom. The van der Waals surface area contributed by atoms with Crippen LogP contribution in [-0.2, 0) is 0 Å². The van der Waals surface area contributed by atoms with Gasteiger partial charge >= 0.3 is 0 Å². The smallest absolute Gasteiger partial charge is 0.0983 e. The third-order valence-corrected chi connectivity index (χ3v) is 1.20. The molecule has 0 heterocycles. The average Bonchev–Trinajstić information content (AvgIpc) is 1.87. The largest absolute Gasteiger partial charge is 0.385 e. The van der Waals surface area contributed by atoms with Gasteiger partial charge < -0.3 is 10.6 Å². The van der Waals surface area contributed by atoms with Gasteiger partial charge in [0.2, 0.25) is 0 Å². The lowest BCUT2D eigenvalue weighted by atomic mass is 10.5. The van der Waals surface area contributed by atoms with Crippen molar-refractivity contribution >= 4 is 0 Å². The predicted molar refractivity (Wildman–Crippen MR) is 40.8 cm³/mol. The Morgan fingerprint density at radius 2 is 2.33 bits per heavy atom. The van der Waals surface area contributed by atoms with Crippen LogP contribution in [0, 0.1) is 0 Å². The lowest BCUT2D eigenvalue weighted by Gasteiger charge is -2.15. The summed E-state index contributed by atoms with van der Waals surface area (Å²) in [6.07, 6.45) is 3.46. The fraction of sp³-hybridized carbons (Fsp3) is 0.429. The molecule has 2 N–H and O–H groups in total. The fourth-order valence-electron chi connectivity index (χ4n) is 0.431. The fourth-order valence-corrected chi connectivity index (χ4v) is 0.431. The number of hydrogen-bond acceptors (Lipinski definition) is 2. The first kappa shape index (κ1) is 8.08. The van der Waals surface area contributed by atoms with E-state index in [1.807, 2.05) is 18.9 Å². The van der Waals surface area contributed by atoms with Crippen molar-refractivity contribution < 1.29 is 0 Å². The van der Waals surface area contributed by atoms with E-state index in [2.05, 4.69) is 6.58 Å². The van der Waals surface area contributed by atoms with Crippen molar-refractivity contribution in [3.8, 4) is 0 Å². The summed E-state index contributed by atoms with van der Waals surface area (Å²) in [7, 11) is 1.94. The van der Waals surface area contributed by atoms with E-state index in [0.717, 1.165) is 12.4 Å². The van der Waals surface area contributed by atoms with E-state index in [0.29, 0.717) is 0 Å². The molecule has 52 valence electrons. The van der Waals surface area contributed by atoms with Crippen LogP contribution in [0.1, 0.15) is 6.92 Å². The van der Waals surface area contributed by atoms with E-state index in [1.54, 1.807) is 12.2 Å². The summed E-state index contributed by atoms with van der Waals surface area (Å²) >= 11 is 0. The molecule has 0 radical (unpaired) electrons. The number of rotatable bonds is 3. The van der Waals surface area contributed by atoms with Gasteiger partial charge in [0, 0.05) is 13.6 Å². The van der Waals surface area contributed by atoms with E-state index in [9.17, 15) is 0 Å². The van der Waals surface area contributed by atoms with Crippen molar-refractivity contribution in [2.75, 3.05) is 13.6 Å². The molecule has 0 aromatic heterocycles. The van der Waals surface area contributed by atoms with Gasteiger partial charge in [0.05, 0.1) is 5.82 Å². The molecule has 0 rings (SSSR count). The van der Waals surface area contributed by atoms with Gasteiger partial charge in [-0.3, -0.25) is 0 Å². The van der Waals surface area contributed by atoms with Crippen molar-refractivity contribution in [1.29, 1.82) is 0 Å². The molecule has 0 amide bonds. The molecule has 0 saturated heterocycles. The Labute approximate surface area is 56.6 Å². The van der Waals surface area contributed by atoms with Crippen LogP contribution in [0.2, 0.25) is 0 Å². The van der Waals surface area contributed by atoms with Gasteiger partial charge in [-0.1, -0.05) is 12.7 Å². The minimum atomic E-state index is 0.757. The first-order valence-corrected chi connectivity index (χ1v) is 3.01. The molecule has 0 aromatic carbocycles. The lowest BCUT2D eigenvalue weighted by Crippen LogP contribution is -2.22. The Balaban J connectivity index is 3.84. The molecule has 0 atom stereocenters. The second kappa shape index (κ2) is 4.01. The first-order chi connectivity index (χ1) is 4.22. The Bertz CT molecular complexity index is 116. The maximum atomic E-state index is 5.55. The zero-order valence-corrected chi connectivity index (χ0v) is 6.09.